The molecule has 0 aromatic carbocycles. The quantitative estimate of drug-likeness (QED) is 0.917. The Labute approximate surface area is 108 Å². The molecular formula is C12H16F3N3O. The summed E-state index contributed by atoms with van der Waals surface area (Å²) in [6, 6.07) is 1.28. The van der Waals surface area contributed by atoms with Crippen molar-refractivity contribution >= 4 is 0 Å². The topological polar surface area (TPSA) is 53.1 Å². The van der Waals surface area contributed by atoms with Crippen molar-refractivity contribution in [1.82, 2.24) is 9.78 Å². The van der Waals surface area contributed by atoms with E-state index < -0.39 is 11.9 Å². The molecule has 1 aromatic rings. The molecule has 0 saturated heterocycles. The van der Waals surface area contributed by atoms with Crippen molar-refractivity contribution in [3.63, 3.8) is 0 Å². The van der Waals surface area contributed by atoms with E-state index >= 15 is 0 Å². The highest BCUT2D eigenvalue weighted by molar-refractivity contribution is 5.20. The Morgan fingerprint density at radius 1 is 1.37 bits per heavy atom. The SMILES string of the molecule is NC1CC(COc2cc(C(F)(F)F)nn2C2CC2)C1. The molecule has 0 atom stereocenters. The first-order chi connectivity index (χ1) is 8.93. The van der Waals surface area contributed by atoms with E-state index in [0.29, 0.717) is 12.5 Å². The van der Waals surface area contributed by atoms with Gasteiger partial charge >= 0.3 is 6.18 Å². The van der Waals surface area contributed by atoms with Crippen LogP contribution in [-0.4, -0.2) is 22.4 Å². The minimum absolute atomic E-state index is 0.0646. The van der Waals surface area contributed by atoms with Gasteiger partial charge in [-0.2, -0.15) is 18.3 Å². The van der Waals surface area contributed by atoms with Crippen LogP contribution in [0, 0.1) is 5.92 Å². The van der Waals surface area contributed by atoms with Crippen molar-refractivity contribution < 1.29 is 17.9 Å². The van der Waals surface area contributed by atoms with Crippen LogP contribution in [0.5, 0.6) is 5.88 Å². The first-order valence-corrected chi connectivity index (χ1v) is 6.48. The Morgan fingerprint density at radius 2 is 2.05 bits per heavy atom. The van der Waals surface area contributed by atoms with E-state index in [1.165, 1.54) is 4.68 Å². The lowest BCUT2D eigenvalue weighted by Gasteiger charge is -2.31. The smallest absolute Gasteiger partial charge is 0.435 e. The van der Waals surface area contributed by atoms with Gasteiger partial charge in [0.1, 0.15) is 0 Å². The summed E-state index contributed by atoms with van der Waals surface area (Å²) in [6.45, 7) is 0.420. The molecule has 106 valence electrons. The third-order valence-corrected chi connectivity index (χ3v) is 3.62. The monoisotopic (exact) mass is 275 g/mol. The molecule has 2 aliphatic carbocycles. The lowest BCUT2D eigenvalue weighted by atomic mass is 9.82. The van der Waals surface area contributed by atoms with Crippen molar-refractivity contribution in [2.45, 2.75) is 43.9 Å². The number of halogens is 3. The number of alkyl halides is 3. The number of rotatable bonds is 4. The fourth-order valence-electron chi connectivity index (χ4n) is 2.33. The van der Waals surface area contributed by atoms with Gasteiger partial charge in [0.25, 0.3) is 0 Å². The van der Waals surface area contributed by atoms with E-state index in [0.717, 1.165) is 31.7 Å². The van der Waals surface area contributed by atoms with Gasteiger partial charge in [0.05, 0.1) is 12.6 Å². The first-order valence-electron chi connectivity index (χ1n) is 6.48. The Hall–Kier alpha value is -1.24. The van der Waals surface area contributed by atoms with Crippen molar-refractivity contribution in [1.29, 1.82) is 0 Å². The Balaban J connectivity index is 1.70. The maximum absolute atomic E-state index is 12.6. The molecule has 0 aliphatic heterocycles. The largest absolute Gasteiger partial charge is 0.478 e. The zero-order valence-corrected chi connectivity index (χ0v) is 10.4. The number of aromatic nitrogens is 2. The fourth-order valence-corrected chi connectivity index (χ4v) is 2.33. The number of hydrogen-bond donors (Lipinski definition) is 1. The highest BCUT2D eigenvalue weighted by Gasteiger charge is 2.38. The second kappa shape index (κ2) is 4.40. The van der Waals surface area contributed by atoms with Gasteiger partial charge in [-0.25, -0.2) is 4.68 Å². The molecule has 0 amide bonds. The minimum atomic E-state index is -4.42. The summed E-state index contributed by atoms with van der Waals surface area (Å²) in [4.78, 5) is 0. The van der Waals surface area contributed by atoms with E-state index in [9.17, 15) is 13.2 Å². The first kappa shape index (κ1) is 12.8. The fraction of sp³-hybridized carbons (Fsp3) is 0.750. The van der Waals surface area contributed by atoms with Gasteiger partial charge in [0, 0.05) is 12.1 Å². The van der Waals surface area contributed by atoms with Gasteiger partial charge in [-0.15, -0.1) is 0 Å². The summed E-state index contributed by atoms with van der Waals surface area (Å²) >= 11 is 0. The molecule has 19 heavy (non-hydrogen) atoms. The molecule has 0 unspecified atom stereocenters. The predicted molar refractivity (Wildman–Crippen MR) is 61.7 cm³/mol. The maximum atomic E-state index is 12.6. The molecular weight excluding hydrogens is 259 g/mol. The molecule has 0 spiro atoms. The minimum Gasteiger partial charge on any atom is -0.478 e. The van der Waals surface area contributed by atoms with Crippen LogP contribution in [0.15, 0.2) is 6.07 Å². The van der Waals surface area contributed by atoms with Crippen LogP contribution < -0.4 is 10.5 Å². The van der Waals surface area contributed by atoms with Gasteiger partial charge < -0.3 is 10.5 Å². The summed E-state index contributed by atoms with van der Waals surface area (Å²) in [5, 5.41) is 3.62. The molecule has 0 bridgehead atoms. The van der Waals surface area contributed by atoms with Gasteiger partial charge in [-0.3, -0.25) is 0 Å². The van der Waals surface area contributed by atoms with E-state index in [4.69, 9.17) is 10.5 Å². The van der Waals surface area contributed by atoms with Crippen LogP contribution in [0.25, 0.3) is 0 Å². The summed E-state index contributed by atoms with van der Waals surface area (Å²) in [5.41, 5.74) is 4.79. The van der Waals surface area contributed by atoms with Gasteiger partial charge in [0.15, 0.2) is 5.69 Å². The van der Waals surface area contributed by atoms with Crippen LogP contribution in [0.4, 0.5) is 13.2 Å². The van der Waals surface area contributed by atoms with E-state index in [1.807, 2.05) is 0 Å². The highest BCUT2D eigenvalue weighted by atomic mass is 19.4. The molecule has 0 radical (unpaired) electrons. The zero-order valence-electron chi connectivity index (χ0n) is 10.4. The highest BCUT2D eigenvalue weighted by Crippen LogP contribution is 2.40. The predicted octanol–water partition coefficient (Wildman–Crippen LogP) is 2.35. The van der Waals surface area contributed by atoms with E-state index in [-0.39, 0.29) is 18.0 Å². The third kappa shape index (κ3) is 2.70. The average molecular weight is 275 g/mol. The molecule has 1 aromatic heterocycles. The molecule has 2 aliphatic rings. The summed E-state index contributed by atoms with van der Waals surface area (Å²) in [6.07, 6.45) is -0.933. The van der Waals surface area contributed by atoms with E-state index in [2.05, 4.69) is 5.10 Å². The van der Waals surface area contributed by atoms with E-state index in [1.54, 1.807) is 0 Å². The van der Waals surface area contributed by atoms with Crippen molar-refractivity contribution in [3.05, 3.63) is 11.8 Å². The molecule has 4 nitrogen and oxygen atoms in total. The van der Waals surface area contributed by atoms with Crippen LogP contribution in [-0.2, 0) is 6.18 Å². The van der Waals surface area contributed by atoms with Crippen molar-refractivity contribution in [2.75, 3.05) is 6.61 Å². The molecule has 1 heterocycles. The zero-order chi connectivity index (χ0) is 13.6. The Kier molecular flexibility index (Phi) is 2.96. The van der Waals surface area contributed by atoms with Gasteiger partial charge in [-0.05, 0) is 31.6 Å². The second-order valence-electron chi connectivity index (χ2n) is 5.45. The summed E-state index contributed by atoms with van der Waals surface area (Å²) in [7, 11) is 0. The summed E-state index contributed by atoms with van der Waals surface area (Å²) in [5.74, 6) is 0.585. The molecule has 2 saturated carbocycles. The lowest BCUT2D eigenvalue weighted by Crippen LogP contribution is -2.39. The molecule has 3 rings (SSSR count). The van der Waals surface area contributed by atoms with Crippen LogP contribution >= 0.6 is 0 Å². The van der Waals surface area contributed by atoms with Crippen LogP contribution in [0.3, 0.4) is 0 Å². The lowest BCUT2D eigenvalue weighted by molar-refractivity contribution is -0.141. The molecule has 2 fully saturated rings. The third-order valence-electron chi connectivity index (χ3n) is 3.62. The number of ether oxygens (including phenoxy) is 1. The average Bonchev–Trinajstić information content (AvgIpc) is 3.02. The van der Waals surface area contributed by atoms with Crippen LogP contribution in [0.1, 0.15) is 37.4 Å². The molecule has 2 N–H and O–H groups in total. The van der Waals surface area contributed by atoms with Gasteiger partial charge in [0.2, 0.25) is 5.88 Å². The van der Waals surface area contributed by atoms with Gasteiger partial charge in [-0.1, -0.05) is 0 Å². The summed E-state index contributed by atoms with van der Waals surface area (Å²) < 4.78 is 44.8. The number of hydrogen-bond acceptors (Lipinski definition) is 3. The normalized spacial score (nSPS) is 27.2. The Morgan fingerprint density at radius 3 is 2.58 bits per heavy atom. The van der Waals surface area contributed by atoms with Crippen molar-refractivity contribution in [3.8, 4) is 5.88 Å². The molecule has 7 heteroatoms. The van der Waals surface area contributed by atoms with Crippen LogP contribution in [0.2, 0.25) is 0 Å². The Bertz CT molecular complexity index is 461. The number of nitrogens with zero attached hydrogens (tertiary/aromatic N) is 2. The second-order valence-corrected chi connectivity index (χ2v) is 5.45. The maximum Gasteiger partial charge on any atom is 0.435 e. The standard InChI is InChI=1S/C12H16F3N3O/c13-12(14,15)10-5-11(18(17-10)9-1-2-9)19-6-7-3-8(16)4-7/h5,7-9H,1-4,6,16H2. The van der Waals surface area contributed by atoms with Crippen molar-refractivity contribution in [2.24, 2.45) is 11.7 Å². The number of nitrogens with two attached hydrogens (primary N) is 1.